The second kappa shape index (κ2) is 15.7. The second-order valence-electron chi connectivity index (χ2n) is 25.8. The fraction of sp³-hybridized carbons (Fsp3) is 0.247. The summed E-state index contributed by atoms with van der Waals surface area (Å²) >= 11 is 0. The molecule has 6 aliphatic rings. The number of aryl methyl sites for hydroxylation is 2. The molecule has 2 heteroatoms. The van der Waals surface area contributed by atoms with Gasteiger partial charge in [0.1, 0.15) is 0 Å². The van der Waals surface area contributed by atoms with Crippen molar-refractivity contribution in [3.05, 3.63) is 239 Å². The van der Waals surface area contributed by atoms with Gasteiger partial charge in [-0.1, -0.05) is 167 Å². The van der Waals surface area contributed by atoms with Gasteiger partial charge < -0.3 is 9.80 Å². The molecule has 2 heterocycles. The van der Waals surface area contributed by atoms with Crippen molar-refractivity contribution in [1.82, 2.24) is 0 Å². The highest BCUT2D eigenvalue weighted by Crippen LogP contribution is 2.67. The summed E-state index contributed by atoms with van der Waals surface area (Å²) in [6.07, 6.45) is 9.78. The number of para-hydroxylation sites is 2. The second-order valence-corrected chi connectivity index (χ2v) is 25.8. The van der Waals surface area contributed by atoms with Crippen LogP contribution in [0.3, 0.4) is 0 Å². The van der Waals surface area contributed by atoms with Crippen LogP contribution in [0.25, 0.3) is 76.8 Å². The maximum atomic E-state index is 2.73. The molecule has 17 rings (SSSR count). The van der Waals surface area contributed by atoms with Crippen LogP contribution in [0, 0.1) is 13.8 Å². The summed E-state index contributed by atoms with van der Waals surface area (Å²) < 4.78 is 0. The summed E-state index contributed by atoms with van der Waals surface area (Å²) in [5.74, 6) is 0. The highest BCUT2D eigenvalue weighted by molar-refractivity contribution is 6.27. The molecule has 11 aromatic carbocycles. The normalized spacial score (nSPS) is 24.9. The van der Waals surface area contributed by atoms with Gasteiger partial charge in [-0.3, -0.25) is 0 Å². The lowest BCUT2D eigenvalue weighted by Crippen LogP contribution is -2.54. The Hall–Kier alpha value is -7.94. The van der Waals surface area contributed by atoms with Crippen molar-refractivity contribution in [2.45, 2.75) is 120 Å². The van der Waals surface area contributed by atoms with Crippen LogP contribution >= 0.6 is 0 Å². The molecule has 0 radical (unpaired) electrons. The van der Waals surface area contributed by atoms with Gasteiger partial charge in [-0.05, 0) is 241 Å². The molecule has 4 aliphatic carbocycles. The smallest absolute Gasteiger partial charge is 0.0726 e. The van der Waals surface area contributed by atoms with Gasteiger partial charge in [-0.15, -0.1) is 0 Å². The van der Waals surface area contributed by atoms with Gasteiger partial charge in [-0.2, -0.15) is 0 Å². The standard InChI is InChI=1S/C77H66N2/c1-47-40-68-65(73(3)36-15-17-38-75(73,5)78(68)54-22-9-7-10-23-54)45-60(47)51-31-33-56-57-34-32-52(61-46-66-69(41-48(61)2)79(55-24-11-8-12-25-55)76(6)39-18-16-37-74(66,76)4)43-64(57)77(63(56)42-51)62-27-14-13-26-58(62)72-59-35-30-50-21-19-20-49-28-29-53(44-67(72)77)71(59)70(49)50/h7-14,19-35,40-46H,15-18,36-39H2,1-6H3. The van der Waals surface area contributed by atoms with Crippen molar-refractivity contribution < 1.29 is 0 Å². The maximum Gasteiger partial charge on any atom is 0.0726 e. The highest BCUT2D eigenvalue weighted by Gasteiger charge is 2.60. The number of benzene rings is 11. The van der Waals surface area contributed by atoms with E-state index in [1.807, 2.05) is 0 Å². The summed E-state index contributed by atoms with van der Waals surface area (Å²) in [7, 11) is 0. The number of hydrogen-bond donors (Lipinski definition) is 0. The van der Waals surface area contributed by atoms with Gasteiger partial charge in [0.15, 0.2) is 0 Å². The molecule has 1 spiro atoms. The SMILES string of the molecule is Cc1cc2c(cc1-c1ccc3c(c1)C1(c4cc(-c5cc6c(cc5C)N(c5ccccc5)C5(C)CCCCC65C)ccc4-3)c3ccccc3-c3c1cc1ccc4cccc5ccc3c1c45)C1(C)CCCCC1(C)N2c1ccccc1. The van der Waals surface area contributed by atoms with E-state index in [0.29, 0.717) is 0 Å². The van der Waals surface area contributed by atoms with E-state index in [4.69, 9.17) is 0 Å². The molecule has 79 heavy (non-hydrogen) atoms. The molecule has 0 amide bonds. The molecule has 0 saturated heterocycles. The Balaban J connectivity index is 0.917. The Morgan fingerprint density at radius 1 is 0.342 bits per heavy atom. The predicted octanol–water partition coefficient (Wildman–Crippen LogP) is 20.4. The molecule has 0 N–H and O–H groups in total. The third-order valence-electron chi connectivity index (χ3n) is 22.3. The van der Waals surface area contributed by atoms with E-state index >= 15 is 0 Å². The van der Waals surface area contributed by atoms with Gasteiger partial charge in [0.2, 0.25) is 0 Å². The van der Waals surface area contributed by atoms with Crippen LogP contribution in [0.1, 0.15) is 124 Å². The minimum absolute atomic E-state index is 0.00927. The summed E-state index contributed by atoms with van der Waals surface area (Å²) in [6, 6.07) is 76.6. The topological polar surface area (TPSA) is 6.48 Å². The summed E-state index contributed by atoms with van der Waals surface area (Å²) in [6.45, 7) is 15.0. The van der Waals surface area contributed by atoms with Gasteiger partial charge in [0.05, 0.1) is 16.5 Å². The van der Waals surface area contributed by atoms with Crippen LogP contribution in [0.4, 0.5) is 22.7 Å². The number of nitrogens with zero attached hydrogens (tertiary/aromatic N) is 2. The van der Waals surface area contributed by atoms with E-state index < -0.39 is 5.41 Å². The van der Waals surface area contributed by atoms with Crippen molar-refractivity contribution in [1.29, 1.82) is 0 Å². The lowest BCUT2D eigenvalue weighted by atomic mass is 9.61. The zero-order valence-electron chi connectivity index (χ0n) is 46.5. The molecule has 2 fully saturated rings. The fourth-order valence-electron chi connectivity index (χ4n) is 18.2. The zero-order valence-corrected chi connectivity index (χ0v) is 46.5. The first-order valence-corrected chi connectivity index (χ1v) is 29.6. The number of anilines is 4. The molecule has 0 aromatic heterocycles. The van der Waals surface area contributed by atoms with E-state index in [1.165, 1.54) is 195 Å². The monoisotopic (exact) mass is 1020 g/mol. The Morgan fingerprint density at radius 2 is 0.835 bits per heavy atom. The van der Waals surface area contributed by atoms with Crippen molar-refractivity contribution in [3.63, 3.8) is 0 Å². The Kier molecular flexibility index (Phi) is 9.12. The third kappa shape index (κ3) is 5.58. The van der Waals surface area contributed by atoms with Crippen LogP contribution in [0.2, 0.25) is 0 Å². The van der Waals surface area contributed by atoms with Gasteiger partial charge >= 0.3 is 0 Å². The maximum absolute atomic E-state index is 2.73. The van der Waals surface area contributed by atoms with Gasteiger partial charge in [0.25, 0.3) is 0 Å². The van der Waals surface area contributed by atoms with Crippen molar-refractivity contribution in [2.24, 2.45) is 0 Å². The van der Waals surface area contributed by atoms with E-state index in [2.05, 4.69) is 245 Å². The van der Waals surface area contributed by atoms with Crippen LogP contribution in [-0.2, 0) is 16.2 Å². The molecule has 4 unspecified atom stereocenters. The number of rotatable bonds is 4. The highest BCUT2D eigenvalue weighted by atomic mass is 15.3. The van der Waals surface area contributed by atoms with Crippen molar-refractivity contribution in [2.75, 3.05) is 9.80 Å². The summed E-state index contributed by atoms with van der Waals surface area (Å²) in [5, 5.41) is 8.03. The van der Waals surface area contributed by atoms with Crippen LogP contribution < -0.4 is 9.80 Å². The Morgan fingerprint density at radius 3 is 1.39 bits per heavy atom. The van der Waals surface area contributed by atoms with Gasteiger partial charge in [-0.25, -0.2) is 0 Å². The summed E-state index contributed by atoms with van der Waals surface area (Å²) in [4.78, 5) is 5.45. The molecule has 2 saturated carbocycles. The lowest BCUT2D eigenvalue weighted by Gasteiger charge is -2.50. The number of fused-ring (bicyclic) bond motifs is 17. The first kappa shape index (κ1) is 46.0. The van der Waals surface area contributed by atoms with E-state index in [0.717, 1.165) is 0 Å². The molecular formula is C77H66N2. The minimum atomic E-state index is -0.571. The van der Waals surface area contributed by atoms with Crippen LogP contribution in [0.5, 0.6) is 0 Å². The molecular weight excluding hydrogens is 953 g/mol. The lowest BCUT2D eigenvalue weighted by molar-refractivity contribution is 0.195. The molecule has 4 atom stereocenters. The quantitative estimate of drug-likeness (QED) is 0.162. The van der Waals surface area contributed by atoms with Crippen molar-refractivity contribution in [3.8, 4) is 44.5 Å². The minimum Gasteiger partial charge on any atom is -0.334 e. The summed E-state index contributed by atoms with van der Waals surface area (Å²) in [5.41, 5.74) is 26.7. The molecule has 2 aliphatic heterocycles. The molecule has 2 nitrogen and oxygen atoms in total. The molecule has 0 bridgehead atoms. The molecule has 11 aromatic rings. The Labute approximate surface area is 465 Å². The van der Waals surface area contributed by atoms with E-state index in [-0.39, 0.29) is 21.9 Å². The van der Waals surface area contributed by atoms with Crippen molar-refractivity contribution >= 4 is 55.1 Å². The predicted molar refractivity (Wildman–Crippen MR) is 332 cm³/mol. The fourth-order valence-corrected chi connectivity index (χ4v) is 18.2. The largest absolute Gasteiger partial charge is 0.334 e. The van der Waals surface area contributed by atoms with E-state index in [9.17, 15) is 0 Å². The Bertz CT molecular complexity index is 4230. The average molecular weight is 1020 g/mol. The average Bonchev–Trinajstić information content (AvgIpc) is 4.15. The van der Waals surface area contributed by atoms with Crippen LogP contribution in [0.15, 0.2) is 194 Å². The van der Waals surface area contributed by atoms with Crippen LogP contribution in [-0.4, -0.2) is 11.1 Å². The zero-order chi connectivity index (χ0) is 53.0. The van der Waals surface area contributed by atoms with E-state index in [1.54, 1.807) is 0 Å². The first-order valence-electron chi connectivity index (χ1n) is 29.6. The molecule has 384 valence electrons. The number of hydrogen-bond acceptors (Lipinski definition) is 2. The van der Waals surface area contributed by atoms with Gasteiger partial charge in [0, 0.05) is 33.6 Å². The third-order valence-corrected chi connectivity index (χ3v) is 22.3. The first-order chi connectivity index (χ1) is 38.5.